The van der Waals surface area contributed by atoms with Gasteiger partial charge in [0, 0.05) is 0 Å². The van der Waals surface area contributed by atoms with E-state index in [1.165, 1.54) is 0 Å². The summed E-state index contributed by atoms with van der Waals surface area (Å²) in [5, 5.41) is 7.49. The SMILES string of the molecule is C1COCCO1.N#CCCl. The molecule has 10 heavy (non-hydrogen) atoms. The highest BCUT2D eigenvalue weighted by atomic mass is 35.5. The molecule has 0 saturated carbocycles. The summed E-state index contributed by atoms with van der Waals surface area (Å²) in [5.41, 5.74) is 0. The van der Waals surface area contributed by atoms with Gasteiger partial charge in [-0.05, 0) is 0 Å². The van der Waals surface area contributed by atoms with Crippen molar-refractivity contribution in [2.45, 2.75) is 0 Å². The quantitative estimate of drug-likeness (QED) is 0.496. The van der Waals surface area contributed by atoms with Crippen LogP contribution in [-0.4, -0.2) is 32.3 Å². The van der Waals surface area contributed by atoms with Crippen molar-refractivity contribution in [3.63, 3.8) is 0 Å². The van der Waals surface area contributed by atoms with Crippen LogP contribution in [-0.2, 0) is 9.47 Å². The van der Waals surface area contributed by atoms with Crippen molar-refractivity contribution in [2.75, 3.05) is 32.3 Å². The lowest BCUT2D eigenvalue weighted by molar-refractivity contribution is -0.0334. The number of halogens is 1. The van der Waals surface area contributed by atoms with Crippen molar-refractivity contribution in [1.29, 1.82) is 5.26 Å². The second-order valence-electron chi connectivity index (χ2n) is 1.52. The molecule has 0 bridgehead atoms. The molecule has 0 N–H and O–H groups in total. The van der Waals surface area contributed by atoms with Crippen LogP contribution in [0.1, 0.15) is 0 Å². The van der Waals surface area contributed by atoms with E-state index in [0.717, 1.165) is 26.4 Å². The molecule has 0 unspecified atom stereocenters. The summed E-state index contributed by atoms with van der Waals surface area (Å²) < 4.78 is 9.89. The third kappa shape index (κ3) is 7.70. The summed E-state index contributed by atoms with van der Waals surface area (Å²) in [7, 11) is 0. The fourth-order valence-corrected chi connectivity index (χ4v) is 0.440. The molecule has 0 aromatic rings. The maximum absolute atomic E-state index is 7.49. The van der Waals surface area contributed by atoms with E-state index in [9.17, 15) is 0 Å². The van der Waals surface area contributed by atoms with Gasteiger partial charge < -0.3 is 9.47 Å². The van der Waals surface area contributed by atoms with Crippen molar-refractivity contribution in [3.05, 3.63) is 0 Å². The molecule has 1 heterocycles. The first kappa shape index (κ1) is 9.70. The minimum absolute atomic E-state index is 0.0972. The molecule has 1 fully saturated rings. The van der Waals surface area contributed by atoms with Crippen LogP contribution in [0.2, 0.25) is 0 Å². The van der Waals surface area contributed by atoms with E-state index in [-0.39, 0.29) is 5.88 Å². The van der Waals surface area contributed by atoms with E-state index in [2.05, 4.69) is 0 Å². The first-order chi connectivity index (χ1) is 4.91. The minimum atomic E-state index is 0.0972. The Hall–Kier alpha value is -0.300. The van der Waals surface area contributed by atoms with Crippen molar-refractivity contribution >= 4 is 11.6 Å². The van der Waals surface area contributed by atoms with Gasteiger partial charge in [-0.1, -0.05) is 0 Å². The number of nitrogens with zero attached hydrogens (tertiary/aromatic N) is 1. The Morgan fingerprint density at radius 3 is 1.60 bits per heavy atom. The van der Waals surface area contributed by atoms with Crippen LogP contribution < -0.4 is 0 Å². The van der Waals surface area contributed by atoms with Gasteiger partial charge in [-0.2, -0.15) is 5.26 Å². The topological polar surface area (TPSA) is 42.2 Å². The van der Waals surface area contributed by atoms with Gasteiger partial charge in [0.25, 0.3) is 0 Å². The molecule has 1 rings (SSSR count). The van der Waals surface area contributed by atoms with Gasteiger partial charge in [-0.3, -0.25) is 0 Å². The van der Waals surface area contributed by atoms with Crippen LogP contribution >= 0.6 is 11.6 Å². The smallest absolute Gasteiger partial charge is 0.109 e. The van der Waals surface area contributed by atoms with Crippen molar-refractivity contribution in [2.24, 2.45) is 0 Å². The molecule has 3 nitrogen and oxygen atoms in total. The van der Waals surface area contributed by atoms with Gasteiger partial charge in [0.05, 0.1) is 32.5 Å². The third-order valence-electron chi connectivity index (χ3n) is 0.804. The zero-order chi connectivity index (χ0) is 7.66. The van der Waals surface area contributed by atoms with E-state index >= 15 is 0 Å². The standard InChI is InChI=1S/C4H8O2.C2H2ClN/c1-2-6-4-3-5-1;3-1-2-4/h1-4H2;1H2. The molecule has 0 radical (unpaired) electrons. The Bertz CT molecular complexity index is 86.9. The molecule has 58 valence electrons. The van der Waals surface area contributed by atoms with E-state index in [1.807, 2.05) is 0 Å². The van der Waals surface area contributed by atoms with E-state index in [4.69, 9.17) is 26.3 Å². The van der Waals surface area contributed by atoms with Gasteiger partial charge in [0.15, 0.2) is 0 Å². The molecular weight excluding hydrogens is 154 g/mol. The molecule has 1 aliphatic rings. The molecule has 0 spiro atoms. The summed E-state index contributed by atoms with van der Waals surface area (Å²) in [4.78, 5) is 0. The first-order valence-electron chi connectivity index (χ1n) is 3.00. The summed E-state index contributed by atoms with van der Waals surface area (Å²) in [6, 6.07) is 1.70. The molecule has 1 aliphatic heterocycles. The Morgan fingerprint density at radius 2 is 1.50 bits per heavy atom. The zero-order valence-corrected chi connectivity index (χ0v) is 6.43. The van der Waals surface area contributed by atoms with Crippen LogP contribution in [0.5, 0.6) is 0 Å². The lowest BCUT2D eigenvalue weighted by atomic mass is 10.6. The number of hydrogen-bond acceptors (Lipinski definition) is 3. The highest BCUT2D eigenvalue weighted by molar-refractivity contribution is 6.19. The van der Waals surface area contributed by atoms with Crippen LogP contribution in [0.3, 0.4) is 0 Å². The monoisotopic (exact) mass is 163 g/mol. The number of nitriles is 1. The lowest BCUT2D eigenvalue weighted by Crippen LogP contribution is -2.16. The predicted molar refractivity (Wildman–Crippen MR) is 38.0 cm³/mol. The number of ether oxygens (including phenoxy) is 2. The van der Waals surface area contributed by atoms with E-state index in [1.54, 1.807) is 6.07 Å². The highest BCUT2D eigenvalue weighted by Gasteiger charge is 1.94. The molecule has 4 heteroatoms. The summed E-state index contributed by atoms with van der Waals surface area (Å²) in [5.74, 6) is 0.0972. The molecule has 1 saturated heterocycles. The average Bonchev–Trinajstić information content (AvgIpc) is 2.08. The predicted octanol–water partition coefficient (Wildman–Crippen LogP) is 0.782. The molecule has 0 aromatic heterocycles. The van der Waals surface area contributed by atoms with Crippen molar-refractivity contribution in [1.82, 2.24) is 0 Å². The zero-order valence-electron chi connectivity index (χ0n) is 5.68. The molecule has 0 atom stereocenters. The largest absolute Gasteiger partial charge is 0.377 e. The number of rotatable bonds is 0. The maximum Gasteiger partial charge on any atom is 0.109 e. The average molecular weight is 164 g/mol. The van der Waals surface area contributed by atoms with Crippen LogP contribution in [0, 0.1) is 11.3 Å². The summed E-state index contributed by atoms with van der Waals surface area (Å²) >= 11 is 4.82. The highest BCUT2D eigenvalue weighted by Crippen LogP contribution is 1.85. The number of hydrogen-bond donors (Lipinski definition) is 0. The number of alkyl halides is 1. The van der Waals surface area contributed by atoms with Gasteiger partial charge >= 0.3 is 0 Å². The maximum atomic E-state index is 7.49. The first-order valence-corrected chi connectivity index (χ1v) is 3.53. The molecular formula is C6H10ClNO2. The summed E-state index contributed by atoms with van der Waals surface area (Å²) in [6.07, 6.45) is 0. The normalized spacial score (nSPS) is 16.4. The lowest BCUT2D eigenvalue weighted by Gasteiger charge is -2.09. The van der Waals surface area contributed by atoms with Crippen LogP contribution in [0.15, 0.2) is 0 Å². The fourth-order valence-electron chi connectivity index (χ4n) is 0.440. The van der Waals surface area contributed by atoms with Crippen LogP contribution in [0.4, 0.5) is 0 Å². The molecule has 0 aromatic carbocycles. The van der Waals surface area contributed by atoms with Gasteiger partial charge in [0.1, 0.15) is 5.88 Å². The van der Waals surface area contributed by atoms with Crippen molar-refractivity contribution in [3.8, 4) is 6.07 Å². The Kier molecular flexibility index (Phi) is 8.44. The minimum Gasteiger partial charge on any atom is -0.377 e. The van der Waals surface area contributed by atoms with Gasteiger partial charge in [-0.25, -0.2) is 0 Å². The fraction of sp³-hybridized carbons (Fsp3) is 0.833. The third-order valence-corrected chi connectivity index (χ3v) is 0.923. The van der Waals surface area contributed by atoms with E-state index < -0.39 is 0 Å². The second kappa shape index (κ2) is 8.70. The Morgan fingerprint density at radius 1 is 1.20 bits per heavy atom. The second-order valence-corrected chi connectivity index (χ2v) is 1.78. The molecule has 0 aliphatic carbocycles. The van der Waals surface area contributed by atoms with Gasteiger partial charge in [-0.15, -0.1) is 11.6 Å². The van der Waals surface area contributed by atoms with Gasteiger partial charge in [0.2, 0.25) is 0 Å². The van der Waals surface area contributed by atoms with Crippen molar-refractivity contribution < 1.29 is 9.47 Å². The Balaban J connectivity index is 0.000000180. The summed E-state index contributed by atoms with van der Waals surface area (Å²) in [6.45, 7) is 3.11. The Labute approximate surface area is 65.5 Å². The van der Waals surface area contributed by atoms with Crippen LogP contribution in [0.25, 0.3) is 0 Å². The van der Waals surface area contributed by atoms with E-state index in [0.29, 0.717) is 0 Å². The molecule has 0 amide bonds.